The van der Waals surface area contributed by atoms with Crippen LogP contribution in [0.5, 0.6) is 0 Å². The van der Waals surface area contributed by atoms with Gasteiger partial charge in [-0.05, 0) is 32.7 Å². The highest BCUT2D eigenvalue weighted by atomic mass is 15.2. The van der Waals surface area contributed by atoms with Gasteiger partial charge in [-0.3, -0.25) is 4.90 Å². The largest absolute Gasteiger partial charge is 0.294 e. The smallest absolute Gasteiger partial charge is 0.0182 e. The summed E-state index contributed by atoms with van der Waals surface area (Å²) in [6, 6.07) is 0. The molecule has 0 amide bonds. The van der Waals surface area contributed by atoms with Crippen molar-refractivity contribution in [2.24, 2.45) is 5.92 Å². The van der Waals surface area contributed by atoms with Crippen LogP contribution >= 0.6 is 0 Å². The van der Waals surface area contributed by atoms with Gasteiger partial charge in [-0.1, -0.05) is 13.0 Å². The number of hydrogen-bond donors (Lipinski definition) is 0. The second-order valence-electron chi connectivity index (χ2n) is 4.08. The van der Waals surface area contributed by atoms with E-state index in [0.29, 0.717) is 5.54 Å². The lowest BCUT2D eigenvalue weighted by Gasteiger charge is -2.33. The molecule has 1 heterocycles. The van der Waals surface area contributed by atoms with Crippen molar-refractivity contribution in [3.63, 3.8) is 0 Å². The molecule has 11 heavy (non-hydrogen) atoms. The van der Waals surface area contributed by atoms with Crippen LogP contribution in [0, 0.1) is 5.92 Å². The van der Waals surface area contributed by atoms with E-state index >= 15 is 0 Å². The van der Waals surface area contributed by atoms with Crippen LogP contribution in [0.25, 0.3) is 0 Å². The molecule has 0 N–H and O–H groups in total. The third-order valence-electron chi connectivity index (χ3n) is 3.20. The van der Waals surface area contributed by atoms with Gasteiger partial charge in [0.15, 0.2) is 0 Å². The van der Waals surface area contributed by atoms with Crippen LogP contribution in [0.2, 0.25) is 0 Å². The van der Waals surface area contributed by atoms with Crippen molar-refractivity contribution in [3.8, 4) is 0 Å². The molecule has 1 aliphatic heterocycles. The van der Waals surface area contributed by atoms with E-state index in [4.69, 9.17) is 0 Å². The average molecular weight is 153 g/mol. The first-order chi connectivity index (χ1) is 5.09. The van der Waals surface area contributed by atoms with E-state index < -0.39 is 0 Å². The number of hydrogen-bond acceptors (Lipinski definition) is 1. The van der Waals surface area contributed by atoms with E-state index in [0.717, 1.165) is 12.5 Å². The molecule has 1 rings (SSSR count). The summed E-state index contributed by atoms with van der Waals surface area (Å²) in [5.74, 6) is 0.822. The lowest BCUT2D eigenvalue weighted by molar-refractivity contribution is 0.161. The van der Waals surface area contributed by atoms with E-state index in [1.165, 1.54) is 13.0 Å². The Hall–Kier alpha value is -0.300. The fraction of sp³-hybridized carbons (Fsp3) is 0.800. The molecule has 0 aromatic heterocycles. The van der Waals surface area contributed by atoms with Crippen LogP contribution < -0.4 is 0 Å². The van der Waals surface area contributed by atoms with Gasteiger partial charge in [0.1, 0.15) is 0 Å². The molecule has 1 fully saturated rings. The molecular formula is C10H19N. The quantitative estimate of drug-likeness (QED) is 0.550. The summed E-state index contributed by atoms with van der Waals surface area (Å²) in [6.45, 7) is 13.0. The molecule has 0 radical (unpaired) electrons. The van der Waals surface area contributed by atoms with Crippen molar-refractivity contribution >= 4 is 0 Å². The molecule has 1 unspecified atom stereocenters. The van der Waals surface area contributed by atoms with Crippen LogP contribution in [0.3, 0.4) is 0 Å². The minimum atomic E-state index is 0.383. The highest BCUT2D eigenvalue weighted by Gasteiger charge is 2.37. The van der Waals surface area contributed by atoms with Gasteiger partial charge in [0, 0.05) is 12.1 Å². The zero-order valence-electron chi connectivity index (χ0n) is 7.93. The maximum Gasteiger partial charge on any atom is 0.0182 e. The van der Waals surface area contributed by atoms with Crippen molar-refractivity contribution in [1.82, 2.24) is 4.90 Å². The Morgan fingerprint density at radius 3 is 2.64 bits per heavy atom. The molecule has 0 spiro atoms. The standard InChI is InChI=1S/C10H19N/c1-5-7-11-8-6-9(2)10(11,3)4/h5,9H,1,6-8H2,2-4H3. The van der Waals surface area contributed by atoms with E-state index in [2.05, 4.69) is 32.3 Å². The fourth-order valence-corrected chi connectivity index (χ4v) is 1.78. The highest BCUT2D eigenvalue weighted by molar-refractivity contribution is 4.95. The molecule has 0 aliphatic carbocycles. The van der Waals surface area contributed by atoms with Gasteiger partial charge in [0.25, 0.3) is 0 Å². The van der Waals surface area contributed by atoms with Gasteiger partial charge in [-0.15, -0.1) is 6.58 Å². The van der Waals surface area contributed by atoms with Crippen LogP contribution in [0.15, 0.2) is 12.7 Å². The van der Waals surface area contributed by atoms with Crippen LogP contribution in [-0.4, -0.2) is 23.5 Å². The van der Waals surface area contributed by atoms with Crippen LogP contribution in [0.4, 0.5) is 0 Å². The summed E-state index contributed by atoms with van der Waals surface area (Å²) in [5.41, 5.74) is 0.383. The number of rotatable bonds is 2. The molecule has 1 heteroatoms. The van der Waals surface area contributed by atoms with Crippen molar-refractivity contribution in [2.45, 2.75) is 32.7 Å². The van der Waals surface area contributed by atoms with Crippen molar-refractivity contribution < 1.29 is 0 Å². The van der Waals surface area contributed by atoms with E-state index in [1.807, 2.05) is 6.08 Å². The van der Waals surface area contributed by atoms with E-state index in [1.54, 1.807) is 0 Å². The Labute approximate surface area is 70.1 Å². The van der Waals surface area contributed by atoms with Gasteiger partial charge >= 0.3 is 0 Å². The minimum absolute atomic E-state index is 0.383. The van der Waals surface area contributed by atoms with Gasteiger partial charge in [0.2, 0.25) is 0 Å². The summed E-state index contributed by atoms with van der Waals surface area (Å²) < 4.78 is 0. The Morgan fingerprint density at radius 1 is 1.64 bits per heavy atom. The lowest BCUT2D eigenvalue weighted by Crippen LogP contribution is -2.41. The Bertz CT molecular complexity index is 149. The lowest BCUT2D eigenvalue weighted by atomic mass is 9.90. The maximum atomic E-state index is 3.77. The Morgan fingerprint density at radius 2 is 2.27 bits per heavy atom. The minimum Gasteiger partial charge on any atom is -0.294 e. The van der Waals surface area contributed by atoms with E-state index in [-0.39, 0.29) is 0 Å². The average Bonchev–Trinajstić information content (AvgIpc) is 2.16. The number of nitrogens with zero attached hydrogens (tertiary/aromatic N) is 1. The molecule has 1 aliphatic rings. The third kappa shape index (κ3) is 1.48. The summed E-state index contributed by atoms with van der Waals surface area (Å²) in [5, 5.41) is 0. The topological polar surface area (TPSA) is 3.24 Å². The van der Waals surface area contributed by atoms with Crippen molar-refractivity contribution in [1.29, 1.82) is 0 Å². The SMILES string of the molecule is C=CCN1CCC(C)C1(C)C. The molecule has 1 nitrogen and oxygen atoms in total. The van der Waals surface area contributed by atoms with Crippen molar-refractivity contribution in [3.05, 3.63) is 12.7 Å². The van der Waals surface area contributed by atoms with Gasteiger partial charge in [-0.25, -0.2) is 0 Å². The summed E-state index contributed by atoms with van der Waals surface area (Å²) in [7, 11) is 0. The van der Waals surface area contributed by atoms with Crippen LogP contribution in [-0.2, 0) is 0 Å². The first-order valence-electron chi connectivity index (χ1n) is 4.45. The zero-order chi connectivity index (χ0) is 8.48. The predicted molar refractivity (Wildman–Crippen MR) is 49.6 cm³/mol. The fourth-order valence-electron chi connectivity index (χ4n) is 1.78. The second-order valence-corrected chi connectivity index (χ2v) is 4.08. The van der Waals surface area contributed by atoms with Crippen LogP contribution in [0.1, 0.15) is 27.2 Å². The molecular weight excluding hydrogens is 134 g/mol. The monoisotopic (exact) mass is 153 g/mol. The third-order valence-corrected chi connectivity index (χ3v) is 3.20. The molecule has 0 aromatic rings. The van der Waals surface area contributed by atoms with Crippen molar-refractivity contribution in [2.75, 3.05) is 13.1 Å². The maximum absolute atomic E-state index is 3.77. The number of likely N-dealkylation sites (tertiary alicyclic amines) is 1. The zero-order valence-corrected chi connectivity index (χ0v) is 7.93. The molecule has 64 valence electrons. The molecule has 1 atom stereocenters. The molecule has 0 bridgehead atoms. The summed E-state index contributed by atoms with van der Waals surface area (Å²) in [6.07, 6.45) is 3.33. The first kappa shape index (κ1) is 8.79. The molecule has 0 saturated carbocycles. The highest BCUT2D eigenvalue weighted by Crippen LogP contribution is 2.33. The van der Waals surface area contributed by atoms with Gasteiger partial charge in [0.05, 0.1) is 0 Å². The summed E-state index contributed by atoms with van der Waals surface area (Å²) in [4.78, 5) is 2.50. The van der Waals surface area contributed by atoms with E-state index in [9.17, 15) is 0 Å². The molecule has 1 saturated heterocycles. The Balaban J connectivity index is 2.62. The Kier molecular flexibility index (Phi) is 2.38. The normalized spacial score (nSPS) is 30.6. The summed E-state index contributed by atoms with van der Waals surface area (Å²) >= 11 is 0. The molecule has 0 aromatic carbocycles. The first-order valence-corrected chi connectivity index (χ1v) is 4.45. The predicted octanol–water partition coefficient (Wildman–Crippen LogP) is 2.29. The second kappa shape index (κ2) is 2.98. The van der Waals surface area contributed by atoms with Gasteiger partial charge in [-0.2, -0.15) is 0 Å². The van der Waals surface area contributed by atoms with Gasteiger partial charge < -0.3 is 0 Å².